The molecule has 2 aliphatic rings. The van der Waals surface area contributed by atoms with Crippen molar-refractivity contribution in [2.75, 3.05) is 11.5 Å². The number of thiazole rings is 1. The number of carbonyl (C=O) groups excluding carboxylic acids is 2. The number of benzene rings is 3. The number of aromatic nitrogens is 1. The number of ether oxygens (including phenoxy) is 2. The second-order valence-corrected chi connectivity index (χ2v) is 11.1. The highest BCUT2D eigenvalue weighted by molar-refractivity contribution is 7.22. The molecule has 0 bridgehead atoms. The molecule has 0 saturated carbocycles. The van der Waals surface area contributed by atoms with Crippen LogP contribution in [0.3, 0.4) is 0 Å². The number of anilines is 1. The number of nitrogens with zero attached hydrogens (tertiary/aromatic N) is 2. The van der Waals surface area contributed by atoms with Gasteiger partial charge in [0.15, 0.2) is 5.13 Å². The Morgan fingerprint density at radius 1 is 1.15 bits per heavy atom. The number of rotatable bonds is 5. The van der Waals surface area contributed by atoms with Gasteiger partial charge in [-0.25, -0.2) is 4.98 Å². The summed E-state index contributed by atoms with van der Waals surface area (Å²) in [7, 11) is 0. The third-order valence-corrected chi connectivity index (χ3v) is 8.13. The number of ketones is 1. The van der Waals surface area contributed by atoms with E-state index in [4.69, 9.17) is 14.5 Å². The maximum Gasteiger partial charge on any atom is 0.301 e. The minimum absolute atomic E-state index is 0.0210. The highest BCUT2D eigenvalue weighted by Gasteiger charge is 2.48. The van der Waals surface area contributed by atoms with Crippen molar-refractivity contribution in [3.05, 3.63) is 88.0 Å². The Hall–Kier alpha value is -4.17. The van der Waals surface area contributed by atoms with E-state index < -0.39 is 17.7 Å². The predicted molar refractivity (Wildman–Crippen MR) is 152 cm³/mol. The summed E-state index contributed by atoms with van der Waals surface area (Å²) in [6.45, 7) is 8.34. The summed E-state index contributed by atoms with van der Waals surface area (Å²) in [5, 5.41) is 12.0. The molecule has 0 aliphatic carbocycles. The summed E-state index contributed by atoms with van der Waals surface area (Å²) in [5.41, 5.74) is 4.96. The van der Waals surface area contributed by atoms with Gasteiger partial charge in [-0.3, -0.25) is 14.5 Å². The van der Waals surface area contributed by atoms with Gasteiger partial charge >= 0.3 is 5.91 Å². The molecule has 2 atom stereocenters. The lowest BCUT2D eigenvalue weighted by Gasteiger charge is -2.23. The molecule has 7 nitrogen and oxygen atoms in total. The van der Waals surface area contributed by atoms with Crippen LogP contribution in [0, 0.1) is 13.8 Å². The van der Waals surface area contributed by atoms with Crippen LogP contribution in [0.1, 0.15) is 47.7 Å². The maximum atomic E-state index is 13.7. The first-order valence-electron chi connectivity index (χ1n) is 13.0. The van der Waals surface area contributed by atoms with Crippen LogP contribution in [0.25, 0.3) is 16.0 Å². The number of amides is 1. The van der Waals surface area contributed by atoms with E-state index in [1.54, 1.807) is 18.2 Å². The van der Waals surface area contributed by atoms with Crippen LogP contribution in [0.2, 0.25) is 0 Å². The Labute approximate surface area is 230 Å². The number of fused-ring (bicyclic) bond motifs is 2. The van der Waals surface area contributed by atoms with Crippen molar-refractivity contribution in [3.63, 3.8) is 0 Å². The molecule has 3 aromatic carbocycles. The largest absolute Gasteiger partial charge is 0.507 e. The van der Waals surface area contributed by atoms with Crippen molar-refractivity contribution in [2.24, 2.45) is 0 Å². The van der Waals surface area contributed by atoms with Crippen LogP contribution in [0.4, 0.5) is 5.13 Å². The lowest BCUT2D eigenvalue weighted by Crippen LogP contribution is -2.29. The zero-order chi connectivity index (χ0) is 27.4. The van der Waals surface area contributed by atoms with Crippen LogP contribution in [-0.4, -0.2) is 34.5 Å². The van der Waals surface area contributed by atoms with E-state index in [-0.39, 0.29) is 17.4 Å². The van der Waals surface area contributed by atoms with E-state index in [0.717, 1.165) is 32.7 Å². The van der Waals surface area contributed by atoms with Crippen LogP contribution < -0.4 is 14.4 Å². The third kappa shape index (κ3) is 4.25. The van der Waals surface area contributed by atoms with E-state index in [9.17, 15) is 14.7 Å². The SMILES string of the molecule is CCOc1cccc([C@H]2C(=C(O)c3ccc4c(c3)C[C@@H](C)O4)C(=O)C(=O)N2c2nc3c(C)cc(C)cc3s2)c1. The first kappa shape index (κ1) is 25.1. The number of hydrogen-bond donors (Lipinski definition) is 1. The molecule has 39 heavy (non-hydrogen) atoms. The van der Waals surface area contributed by atoms with Gasteiger partial charge in [0.05, 0.1) is 28.4 Å². The van der Waals surface area contributed by atoms with Crippen molar-refractivity contribution in [2.45, 2.75) is 46.3 Å². The molecular weight excluding hydrogens is 512 g/mol. The van der Waals surface area contributed by atoms with Crippen LogP contribution in [0.15, 0.2) is 60.2 Å². The highest BCUT2D eigenvalue weighted by Crippen LogP contribution is 2.45. The number of aliphatic hydroxyl groups is 1. The van der Waals surface area contributed by atoms with Crippen molar-refractivity contribution >= 4 is 44.1 Å². The lowest BCUT2D eigenvalue weighted by atomic mass is 9.94. The van der Waals surface area contributed by atoms with Gasteiger partial charge in [-0.2, -0.15) is 0 Å². The van der Waals surface area contributed by atoms with E-state index in [2.05, 4.69) is 0 Å². The number of Topliss-reactive ketones (excluding diaryl/α,β-unsaturated/α-hetero) is 1. The molecule has 0 radical (unpaired) electrons. The van der Waals surface area contributed by atoms with E-state index >= 15 is 0 Å². The molecule has 1 amide bonds. The molecule has 0 unspecified atom stereocenters. The highest BCUT2D eigenvalue weighted by atomic mass is 32.1. The number of aliphatic hydroxyl groups excluding tert-OH is 1. The predicted octanol–water partition coefficient (Wildman–Crippen LogP) is 6.26. The topological polar surface area (TPSA) is 89.0 Å². The zero-order valence-corrected chi connectivity index (χ0v) is 23.0. The molecule has 1 N–H and O–H groups in total. The molecule has 1 saturated heterocycles. The Morgan fingerprint density at radius 3 is 2.77 bits per heavy atom. The summed E-state index contributed by atoms with van der Waals surface area (Å²) in [6, 6.07) is 15.8. The lowest BCUT2D eigenvalue weighted by molar-refractivity contribution is -0.132. The molecule has 8 heteroatoms. The van der Waals surface area contributed by atoms with Gasteiger partial charge in [0.1, 0.15) is 23.4 Å². The fraction of sp³-hybridized carbons (Fsp3) is 0.258. The first-order valence-corrected chi connectivity index (χ1v) is 13.8. The van der Waals surface area contributed by atoms with Gasteiger partial charge in [-0.05, 0) is 86.3 Å². The molecule has 1 aromatic heterocycles. The van der Waals surface area contributed by atoms with Crippen LogP contribution >= 0.6 is 11.3 Å². The minimum Gasteiger partial charge on any atom is -0.507 e. The molecule has 2 aliphatic heterocycles. The minimum atomic E-state index is -0.879. The van der Waals surface area contributed by atoms with Crippen molar-refractivity contribution in [3.8, 4) is 11.5 Å². The Morgan fingerprint density at radius 2 is 1.97 bits per heavy atom. The molecule has 198 valence electrons. The average molecular weight is 541 g/mol. The summed E-state index contributed by atoms with van der Waals surface area (Å²) >= 11 is 1.36. The molecule has 1 fully saturated rings. The molecule has 3 heterocycles. The Bertz CT molecular complexity index is 1690. The number of hydrogen-bond acceptors (Lipinski definition) is 7. The van der Waals surface area contributed by atoms with Crippen molar-refractivity contribution in [1.29, 1.82) is 0 Å². The third-order valence-electron chi connectivity index (χ3n) is 7.12. The molecule has 0 spiro atoms. The number of carbonyl (C=O) groups is 2. The smallest absolute Gasteiger partial charge is 0.301 e. The van der Waals surface area contributed by atoms with Gasteiger partial charge in [-0.15, -0.1) is 0 Å². The summed E-state index contributed by atoms with van der Waals surface area (Å²) < 4.78 is 12.5. The van der Waals surface area contributed by atoms with Gasteiger partial charge < -0.3 is 14.6 Å². The van der Waals surface area contributed by atoms with Gasteiger partial charge in [-0.1, -0.05) is 29.5 Å². The zero-order valence-electron chi connectivity index (χ0n) is 22.1. The standard InChI is InChI=1S/C31H28N2O5S/c1-5-37-22-8-6-7-19(15-22)27-25(28(34)20-9-10-23-21(14-20)13-18(4)38-23)29(35)30(36)33(27)31-32-26-17(3)11-16(2)12-24(26)39-31/h6-12,14-15,18,27,34H,5,13H2,1-4H3/t18-,27+/m1/s1. The van der Waals surface area contributed by atoms with Gasteiger partial charge in [0.2, 0.25) is 0 Å². The Kier molecular flexibility index (Phi) is 6.14. The van der Waals surface area contributed by atoms with E-state index in [0.29, 0.717) is 35.0 Å². The quantitative estimate of drug-likeness (QED) is 0.183. The van der Waals surface area contributed by atoms with E-state index in [1.165, 1.54) is 16.2 Å². The fourth-order valence-corrected chi connectivity index (χ4v) is 6.64. The second kappa shape index (κ2) is 9.54. The van der Waals surface area contributed by atoms with Gasteiger partial charge in [0.25, 0.3) is 5.78 Å². The maximum absolute atomic E-state index is 13.7. The fourth-order valence-electron chi connectivity index (χ4n) is 5.47. The van der Waals surface area contributed by atoms with Crippen LogP contribution in [0.5, 0.6) is 11.5 Å². The Balaban J connectivity index is 1.55. The summed E-state index contributed by atoms with van der Waals surface area (Å²) in [5.74, 6) is -0.328. The van der Waals surface area contributed by atoms with E-state index in [1.807, 2.05) is 64.1 Å². The monoisotopic (exact) mass is 540 g/mol. The summed E-state index contributed by atoms with van der Waals surface area (Å²) in [6.07, 6.45) is 0.741. The van der Waals surface area contributed by atoms with Gasteiger partial charge in [0, 0.05) is 12.0 Å². The van der Waals surface area contributed by atoms with Crippen molar-refractivity contribution < 1.29 is 24.2 Å². The second-order valence-electron chi connectivity index (χ2n) is 10.1. The molecular formula is C31H28N2O5S. The normalized spacial score (nSPS) is 19.9. The average Bonchev–Trinajstić information content (AvgIpc) is 3.56. The first-order chi connectivity index (χ1) is 18.7. The number of aryl methyl sites for hydroxylation is 2. The van der Waals surface area contributed by atoms with Crippen molar-refractivity contribution in [1.82, 2.24) is 4.98 Å². The summed E-state index contributed by atoms with van der Waals surface area (Å²) in [4.78, 5) is 33.5. The molecule has 6 rings (SSSR count). The van der Waals surface area contributed by atoms with Crippen LogP contribution in [-0.2, 0) is 16.0 Å². The molecule has 4 aromatic rings.